The van der Waals surface area contributed by atoms with Crippen molar-refractivity contribution in [1.82, 2.24) is 5.32 Å². The van der Waals surface area contributed by atoms with Crippen LogP contribution in [0.2, 0.25) is 0 Å². The molecule has 0 radical (unpaired) electrons. The Labute approximate surface area is 121 Å². The van der Waals surface area contributed by atoms with Crippen LogP contribution in [0, 0.1) is 11.2 Å². The van der Waals surface area contributed by atoms with Gasteiger partial charge in [0.25, 0.3) is 0 Å². The third-order valence-electron chi connectivity index (χ3n) is 4.04. The van der Waals surface area contributed by atoms with E-state index in [1.54, 1.807) is 12.1 Å². The van der Waals surface area contributed by atoms with Crippen LogP contribution in [-0.4, -0.2) is 25.3 Å². The standard InChI is InChI=1S/C17H26FNO/c1-16(2,3)19-13-17(8-10-20-11-9-17)12-14-4-6-15(18)7-5-14/h4-7,19H,8-13H2,1-3H3. The van der Waals surface area contributed by atoms with E-state index in [-0.39, 0.29) is 16.8 Å². The van der Waals surface area contributed by atoms with Crippen LogP contribution in [0.4, 0.5) is 4.39 Å². The molecule has 1 aliphatic heterocycles. The van der Waals surface area contributed by atoms with Crippen molar-refractivity contribution in [3.63, 3.8) is 0 Å². The fourth-order valence-electron chi connectivity index (χ4n) is 2.71. The fraction of sp³-hybridized carbons (Fsp3) is 0.647. The molecule has 3 heteroatoms. The molecule has 1 aliphatic rings. The summed E-state index contributed by atoms with van der Waals surface area (Å²) in [4.78, 5) is 0. The van der Waals surface area contributed by atoms with Crippen molar-refractivity contribution < 1.29 is 9.13 Å². The summed E-state index contributed by atoms with van der Waals surface area (Å²) in [7, 11) is 0. The Balaban J connectivity index is 2.08. The first-order chi connectivity index (χ1) is 9.39. The molecule has 2 nitrogen and oxygen atoms in total. The lowest BCUT2D eigenvalue weighted by Crippen LogP contribution is -2.47. The van der Waals surface area contributed by atoms with E-state index in [4.69, 9.17) is 4.74 Å². The molecule has 112 valence electrons. The maximum Gasteiger partial charge on any atom is 0.123 e. The lowest BCUT2D eigenvalue weighted by molar-refractivity contribution is 0.0121. The van der Waals surface area contributed by atoms with Crippen molar-refractivity contribution in [2.24, 2.45) is 5.41 Å². The summed E-state index contributed by atoms with van der Waals surface area (Å²) >= 11 is 0. The first kappa shape index (κ1) is 15.5. The number of benzene rings is 1. The molecule has 0 bridgehead atoms. The fourth-order valence-corrected chi connectivity index (χ4v) is 2.71. The second-order valence-electron chi connectivity index (χ2n) is 7.02. The molecule has 20 heavy (non-hydrogen) atoms. The summed E-state index contributed by atoms with van der Waals surface area (Å²) in [6, 6.07) is 6.92. The zero-order valence-corrected chi connectivity index (χ0v) is 12.8. The zero-order chi connectivity index (χ0) is 14.6. The molecule has 1 saturated heterocycles. The SMILES string of the molecule is CC(C)(C)NCC1(Cc2ccc(F)cc2)CCOCC1. The minimum Gasteiger partial charge on any atom is -0.381 e. The van der Waals surface area contributed by atoms with Crippen LogP contribution in [0.25, 0.3) is 0 Å². The van der Waals surface area contributed by atoms with Crippen molar-refractivity contribution >= 4 is 0 Å². The molecule has 0 spiro atoms. The van der Waals surface area contributed by atoms with Crippen LogP contribution < -0.4 is 5.32 Å². The molecule has 0 unspecified atom stereocenters. The average Bonchev–Trinajstić information content (AvgIpc) is 2.40. The molecule has 1 fully saturated rings. The molecular formula is C17H26FNO. The minimum absolute atomic E-state index is 0.119. The van der Waals surface area contributed by atoms with Crippen LogP contribution in [-0.2, 0) is 11.2 Å². The molecule has 0 atom stereocenters. The van der Waals surface area contributed by atoms with E-state index >= 15 is 0 Å². The van der Waals surface area contributed by atoms with Crippen molar-refractivity contribution in [2.75, 3.05) is 19.8 Å². The molecule has 2 rings (SSSR count). The molecule has 0 amide bonds. The molecule has 0 aromatic heterocycles. The highest BCUT2D eigenvalue weighted by molar-refractivity contribution is 5.18. The smallest absolute Gasteiger partial charge is 0.123 e. The Bertz CT molecular complexity index is 416. The predicted molar refractivity (Wildman–Crippen MR) is 80.3 cm³/mol. The van der Waals surface area contributed by atoms with Gasteiger partial charge in [0.1, 0.15) is 5.82 Å². The Morgan fingerprint density at radius 2 is 1.75 bits per heavy atom. The molecule has 0 saturated carbocycles. The monoisotopic (exact) mass is 279 g/mol. The van der Waals surface area contributed by atoms with Gasteiger partial charge >= 0.3 is 0 Å². The molecule has 1 aromatic carbocycles. The van der Waals surface area contributed by atoms with Gasteiger partial charge in [-0.3, -0.25) is 0 Å². The van der Waals surface area contributed by atoms with Crippen molar-refractivity contribution in [2.45, 2.75) is 45.6 Å². The molecule has 0 aliphatic carbocycles. The summed E-state index contributed by atoms with van der Waals surface area (Å²) in [5, 5.41) is 3.63. The number of rotatable bonds is 4. The number of hydrogen-bond acceptors (Lipinski definition) is 2. The van der Waals surface area contributed by atoms with E-state index in [0.29, 0.717) is 0 Å². The third kappa shape index (κ3) is 4.57. The highest BCUT2D eigenvalue weighted by Gasteiger charge is 2.33. The highest BCUT2D eigenvalue weighted by atomic mass is 19.1. The van der Waals surface area contributed by atoms with Crippen LogP contribution >= 0.6 is 0 Å². The van der Waals surface area contributed by atoms with Gasteiger partial charge in [-0.2, -0.15) is 0 Å². The number of hydrogen-bond donors (Lipinski definition) is 1. The van der Waals surface area contributed by atoms with E-state index in [2.05, 4.69) is 26.1 Å². The predicted octanol–water partition coefficient (Wildman–Crippen LogP) is 3.55. The Morgan fingerprint density at radius 3 is 2.30 bits per heavy atom. The average molecular weight is 279 g/mol. The maximum atomic E-state index is 13.0. The Hall–Kier alpha value is -0.930. The second-order valence-corrected chi connectivity index (χ2v) is 7.02. The van der Waals surface area contributed by atoms with Crippen molar-refractivity contribution in [3.05, 3.63) is 35.6 Å². The summed E-state index contributed by atoms with van der Waals surface area (Å²) in [5.41, 5.74) is 1.56. The molecule has 1 heterocycles. The largest absolute Gasteiger partial charge is 0.381 e. The Kier molecular flexibility index (Phi) is 4.82. The van der Waals surface area contributed by atoms with Crippen LogP contribution in [0.5, 0.6) is 0 Å². The normalized spacial score (nSPS) is 19.0. The quantitative estimate of drug-likeness (QED) is 0.910. The lowest BCUT2D eigenvalue weighted by Gasteiger charge is -2.40. The molecule has 1 aromatic rings. The number of nitrogens with one attached hydrogen (secondary N) is 1. The Morgan fingerprint density at radius 1 is 1.15 bits per heavy atom. The molecule has 1 N–H and O–H groups in total. The van der Waals surface area contributed by atoms with Gasteiger partial charge in [-0.15, -0.1) is 0 Å². The van der Waals surface area contributed by atoms with Crippen molar-refractivity contribution in [3.8, 4) is 0 Å². The second kappa shape index (κ2) is 6.23. The summed E-state index contributed by atoms with van der Waals surface area (Å²) in [6.45, 7) is 9.21. The van der Waals surface area contributed by atoms with E-state index in [1.807, 2.05) is 12.1 Å². The van der Waals surface area contributed by atoms with Gasteiger partial charge in [0, 0.05) is 25.3 Å². The van der Waals surface area contributed by atoms with Crippen molar-refractivity contribution in [1.29, 1.82) is 0 Å². The molecular weight excluding hydrogens is 253 g/mol. The summed E-state index contributed by atoms with van der Waals surface area (Å²) < 4.78 is 18.6. The van der Waals surface area contributed by atoms with Crippen LogP contribution in [0.15, 0.2) is 24.3 Å². The van der Waals surface area contributed by atoms with E-state index in [0.717, 1.165) is 39.0 Å². The van der Waals surface area contributed by atoms with E-state index < -0.39 is 0 Å². The van der Waals surface area contributed by atoms with Gasteiger partial charge in [-0.05, 0) is 63.1 Å². The lowest BCUT2D eigenvalue weighted by atomic mass is 9.74. The third-order valence-corrected chi connectivity index (χ3v) is 4.04. The van der Waals surface area contributed by atoms with Crippen LogP contribution in [0.3, 0.4) is 0 Å². The summed E-state index contributed by atoms with van der Waals surface area (Å²) in [6.07, 6.45) is 3.11. The van der Waals surface area contributed by atoms with Gasteiger partial charge in [0.2, 0.25) is 0 Å². The topological polar surface area (TPSA) is 21.3 Å². The first-order valence-electron chi connectivity index (χ1n) is 7.46. The number of halogens is 1. The van der Waals surface area contributed by atoms with E-state index in [1.165, 1.54) is 5.56 Å². The van der Waals surface area contributed by atoms with Crippen LogP contribution in [0.1, 0.15) is 39.2 Å². The van der Waals surface area contributed by atoms with Gasteiger partial charge < -0.3 is 10.1 Å². The highest BCUT2D eigenvalue weighted by Crippen LogP contribution is 2.34. The first-order valence-corrected chi connectivity index (χ1v) is 7.46. The van der Waals surface area contributed by atoms with Gasteiger partial charge in [0.15, 0.2) is 0 Å². The van der Waals surface area contributed by atoms with E-state index in [9.17, 15) is 4.39 Å². The van der Waals surface area contributed by atoms with Gasteiger partial charge in [0.05, 0.1) is 0 Å². The summed E-state index contributed by atoms with van der Waals surface area (Å²) in [5.74, 6) is -0.164. The minimum atomic E-state index is -0.164. The number of ether oxygens (including phenoxy) is 1. The van der Waals surface area contributed by atoms with Gasteiger partial charge in [-0.1, -0.05) is 12.1 Å². The van der Waals surface area contributed by atoms with Gasteiger partial charge in [-0.25, -0.2) is 4.39 Å². The zero-order valence-electron chi connectivity index (χ0n) is 12.8. The maximum absolute atomic E-state index is 13.0.